The summed E-state index contributed by atoms with van der Waals surface area (Å²) in [6, 6.07) is 4.59. The average molecular weight is 598 g/mol. The number of imidazole rings is 1. The van der Waals surface area contributed by atoms with E-state index in [2.05, 4.69) is 31.2 Å². The Labute approximate surface area is 225 Å². The van der Waals surface area contributed by atoms with Crippen LogP contribution in [-0.2, 0) is 10.1 Å². The molecule has 0 saturated carbocycles. The summed E-state index contributed by atoms with van der Waals surface area (Å²) in [5.74, 6) is -1.05. The van der Waals surface area contributed by atoms with Crippen molar-refractivity contribution in [2.45, 2.75) is 23.8 Å². The highest BCUT2D eigenvalue weighted by atomic mass is 79.9. The van der Waals surface area contributed by atoms with Crippen molar-refractivity contribution in [3.63, 3.8) is 0 Å². The minimum absolute atomic E-state index is 0.0351. The Morgan fingerprint density at radius 1 is 1.05 bits per heavy atom. The molecule has 12 nitrogen and oxygen atoms in total. The van der Waals surface area contributed by atoms with E-state index in [1.165, 1.54) is 21.9 Å². The Hall–Kier alpha value is -3.16. The number of aromatic amines is 1. The van der Waals surface area contributed by atoms with Gasteiger partial charge < -0.3 is 35.2 Å². The molecular weight excluding hydrogens is 572 g/mol. The first-order valence-corrected chi connectivity index (χ1v) is 13.1. The molecule has 2 aliphatic heterocycles. The van der Waals surface area contributed by atoms with E-state index in [0.29, 0.717) is 11.0 Å². The fourth-order valence-electron chi connectivity index (χ4n) is 4.36. The van der Waals surface area contributed by atoms with Gasteiger partial charge in [0.15, 0.2) is 5.82 Å². The van der Waals surface area contributed by atoms with E-state index in [4.69, 9.17) is 16.7 Å². The van der Waals surface area contributed by atoms with Crippen molar-refractivity contribution < 1.29 is 29.4 Å². The highest BCUT2D eigenvalue weighted by Gasteiger charge is 2.43. The largest absolute Gasteiger partial charge is 0.465 e. The van der Waals surface area contributed by atoms with E-state index in [0.717, 1.165) is 5.69 Å². The number of piperidine rings is 1. The number of nitrogens with zero attached hydrogens (tertiary/aromatic N) is 4. The van der Waals surface area contributed by atoms with Gasteiger partial charge in [0.05, 0.1) is 10.6 Å². The first kappa shape index (κ1) is 26.9. The second-order valence-corrected chi connectivity index (χ2v) is 9.89. The lowest BCUT2D eigenvalue weighted by atomic mass is 9.89. The number of hydrogen-bond donors (Lipinski definition) is 4. The van der Waals surface area contributed by atoms with E-state index in [1.807, 2.05) is 0 Å². The number of anilines is 1. The lowest BCUT2D eigenvalue weighted by Crippen LogP contribution is -2.59. The minimum atomic E-state index is -1.60. The molecule has 0 unspecified atom stereocenters. The Kier molecular flexibility index (Phi) is 8.05. The predicted molar refractivity (Wildman–Crippen MR) is 137 cm³/mol. The van der Waals surface area contributed by atoms with Crippen LogP contribution in [0, 0.1) is 0 Å². The molecule has 2 saturated heterocycles. The molecule has 0 atom stereocenters. The summed E-state index contributed by atoms with van der Waals surface area (Å²) in [5, 5.41) is 23.3. The van der Waals surface area contributed by atoms with Crippen LogP contribution in [0.15, 0.2) is 24.4 Å². The molecule has 198 valence electrons. The molecule has 1 aromatic carbocycles. The fraction of sp³-hybridized carbons (Fsp3) is 0.435. The van der Waals surface area contributed by atoms with E-state index >= 15 is 0 Å². The lowest BCUT2D eigenvalue weighted by molar-refractivity contribution is -0.157. The van der Waals surface area contributed by atoms with Crippen LogP contribution in [0.4, 0.5) is 10.5 Å². The molecule has 4 rings (SSSR count). The Bertz CT molecular complexity index is 1210. The molecule has 0 spiro atoms. The van der Waals surface area contributed by atoms with Crippen LogP contribution in [0.1, 0.15) is 39.5 Å². The number of nitrogens with one attached hydrogen (secondary N) is 2. The van der Waals surface area contributed by atoms with E-state index in [-0.39, 0.29) is 74.4 Å². The van der Waals surface area contributed by atoms with Crippen LogP contribution in [0.5, 0.6) is 0 Å². The van der Waals surface area contributed by atoms with Crippen LogP contribution < -0.4 is 5.32 Å². The molecule has 0 aliphatic carbocycles. The second kappa shape index (κ2) is 11.1. The van der Waals surface area contributed by atoms with Crippen molar-refractivity contribution >= 4 is 57.0 Å². The number of H-pyrrole nitrogens is 1. The van der Waals surface area contributed by atoms with Crippen molar-refractivity contribution in [1.29, 1.82) is 0 Å². The van der Waals surface area contributed by atoms with Gasteiger partial charge in [-0.1, -0.05) is 27.5 Å². The maximum Gasteiger partial charge on any atom is 0.407 e. The Morgan fingerprint density at radius 2 is 1.70 bits per heavy atom. The summed E-state index contributed by atoms with van der Waals surface area (Å²) in [4.78, 5) is 60.6. The van der Waals surface area contributed by atoms with Crippen molar-refractivity contribution in [1.82, 2.24) is 24.7 Å². The Morgan fingerprint density at radius 3 is 2.27 bits per heavy atom. The third-order valence-corrected chi connectivity index (χ3v) is 7.47. The zero-order chi connectivity index (χ0) is 26.7. The van der Waals surface area contributed by atoms with Gasteiger partial charge in [-0.2, -0.15) is 0 Å². The predicted octanol–water partition coefficient (Wildman–Crippen LogP) is 2.00. The van der Waals surface area contributed by atoms with E-state index < -0.39 is 23.5 Å². The van der Waals surface area contributed by atoms with E-state index in [1.54, 1.807) is 17.2 Å². The molecule has 2 aliphatic rings. The fourth-order valence-corrected chi connectivity index (χ4v) is 4.90. The van der Waals surface area contributed by atoms with Gasteiger partial charge in [0.1, 0.15) is 5.60 Å². The van der Waals surface area contributed by atoms with Crippen LogP contribution in [0.3, 0.4) is 0 Å². The SMILES string of the molecule is O=C(Nc1ccc(C(=O)N2CCN(C(=O)C3(O)CCN(C(=O)O)CC3)CC2)c(Cl)c1)c1ncc(CBr)[nH]1. The van der Waals surface area contributed by atoms with Crippen molar-refractivity contribution in [3.05, 3.63) is 46.5 Å². The molecule has 0 bridgehead atoms. The lowest BCUT2D eigenvalue weighted by Gasteiger charge is -2.41. The molecule has 3 heterocycles. The summed E-state index contributed by atoms with van der Waals surface area (Å²) < 4.78 is 0. The number of aliphatic hydroxyl groups is 1. The number of benzene rings is 1. The first-order chi connectivity index (χ1) is 17.6. The summed E-state index contributed by atoms with van der Waals surface area (Å²) in [5.41, 5.74) is -0.184. The molecular formula is C23H26BrClN6O6. The molecule has 4 amide bonds. The number of carbonyl (C=O) groups is 4. The third kappa shape index (κ3) is 5.89. The zero-order valence-corrected chi connectivity index (χ0v) is 22.1. The van der Waals surface area contributed by atoms with Gasteiger partial charge in [0.2, 0.25) is 0 Å². The molecule has 2 aromatic rings. The van der Waals surface area contributed by atoms with Crippen LogP contribution >= 0.6 is 27.5 Å². The monoisotopic (exact) mass is 596 g/mol. The van der Waals surface area contributed by atoms with Gasteiger partial charge in [-0.05, 0) is 18.2 Å². The summed E-state index contributed by atoms with van der Waals surface area (Å²) in [6.45, 7) is 1.16. The second-order valence-electron chi connectivity index (χ2n) is 8.93. The van der Waals surface area contributed by atoms with Gasteiger partial charge in [0, 0.05) is 75.0 Å². The normalized spacial score (nSPS) is 17.4. The van der Waals surface area contributed by atoms with Crippen molar-refractivity contribution in [2.24, 2.45) is 0 Å². The number of carbonyl (C=O) groups excluding carboxylic acids is 3. The first-order valence-electron chi connectivity index (χ1n) is 11.6. The maximum absolute atomic E-state index is 13.1. The zero-order valence-electron chi connectivity index (χ0n) is 19.7. The molecule has 4 N–H and O–H groups in total. The number of alkyl halides is 1. The van der Waals surface area contributed by atoms with Crippen LogP contribution in [0.25, 0.3) is 0 Å². The van der Waals surface area contributed by atoms with Crippen LogP contribution in [0.2, 0.25) is 5.02 Å². The number of carboxylic acid groups (broad SMARTS) is 1. The van der Waals surface area contributed by atoms with Gasteiger partial charge in [0.25, 0.3) is 17.7 Å². The van der Waals surface area contributed by atoms with Crippen LogP contribution in [-0.4, -0.2) is 104 Å². The molecule has 2 fully saturated rings. The maximum atomic E-state index is 13.1. The smallest absolute Gasteiger partial charge is 0.407 e. The number of halogens is 2. The number of amides is 4. The summed E-state index contributed by atoms with van der Waals surface area (Å²) >= 11 is 9.64. The molecule has 0 radical (unpaired) electrons. The molecule has 37 heavy (non-hydrogen) atoms. The number of likely N-dealkylation sites (tertiary alicyclic amines) is 1. The van der Waals surface area contributed by atoms with Gasteiger partial charge in [-0.15, -0.1) is 0 Å². The number of hydrogen-bond acceptors (Lipinski definition) is 6. The highest BCUT2D eigenvalue weighted by Crippen LogP contribution is 2.27. The van der Waals surface area contributed by atoms with Gasteiger partial charge in [-0.25, -0.2) is 9.78 Å². The molecule has 1 aromatic heterocycles. The highest BCUT2D eigenvalue weighted by molar-refractivity contribution is 9.08. The number of piperazine rings is 1. The summed E-state index contributed by atoms with van der Waals surface area (Å²) in [6.07, 6.45) is 0.548. The van der Waals surface area contributed by atoms with Crippen molar-refractivity contribution in [3.8, 4) is 0 Å². The van der Waals surface area contributed by atoms with Gasteiger partial charge >= 0.3 is 6.09 Å². The quantitative estimate of drug-likeness (QED) is 0.384. The standard InChI is InChI=1S/C23H26BrClN6O6/c24-12-15-13-26-18(27-15)19(32)28-14-1-2-16(17(25)11-14)20(33)29-7-9-30(10-8-29)21(34)23(37)3-5-31(6-4-23)22(35)36/h1-2,11,13,37H,3-10,12H2,(H,26,27)(H,28,32)(H,35,36). The third-order valence-electron chi connectivity index (χ3n) is 6.56. The Balaban J connectivity index is 1.32. The minimum Gasteiger partial charge on any atom is -0.465 e. The number of aromatic nitrogens is 2. The number of rotatable bonds is 5. The topological polar surface area (TPSA) is 159 Å². The average Bonchev–Trinajstić information content (AvgIpc) is 3.38. The van der Waals surface area contributed by atoms with Gasteiger partial charge in [-0.3, -0.25) is 14.4 Å². The summed E-state index contributed by atoms with van der Waals surface area (Å²) in [7, 11) is 0. The molecule has 14 heteroatoms. The van der Waals surface area contributed by atoms with Crippen molar-refractivity contribution in [2.75, 3.05) is 44.6 Å². The van der Waals surface area contributed by atoms with E-state index in [9.17, 15) is 24.3 Å².